The fraction of sp³-hybridized carbons (Fsp3) is 0.786. The third-order valence-corrected chi connectivity index (χ3v) is 3.30. The summed E-state index contributed by atoms with van der Waals surface area (Å²) in [4.78, 5) is 0. The monoisotopic (exact) mass is 253 g/mol. The maximum atomic E-state index is 5.59. The Morgan fingerprint density at radius 1 is 1.33 bits per heavy atom. The Morgan fingerprint density at radius 3 is 2.50 bits per heavy atom. The number of hydrogen-bond acceptors (Lipinski definition) is 3. The molecule has 1 aromatic heterocycles. The van der Waals surface area contributed by atoms with Gasteiger partial charge in [-0.2, -0.15) is 5.10 Å². The van der Waals surface area contributed by atoms with Crippen LogP contribution in [0.1, 0.15) is 50.2 Å². The van der Waals surface area contributed by atoms with Crippen LogP contribution in [0.4, 0.5) is 0 Å². The summed E-state index contributed by atoms with van der Waals surface area (Å²) in [5.74, 6) is 0. The predicted molar refractivity (Wildman–Crippen MR) is 74.9 cm³/mol. The first-order valence-electron chi connectivity index (χ1n) is 6.84. The van der Waals surface area contributed by atoms with Gasteiger partial charge < -0.3 is 10.1 Å². The summed E-state index contributed by atoms with van der Waals surface area (Å²) in [6, 6.07) is 0.393. The molecule has 1 N–H and O–H groups in total. The second-order valence-corrected chi connectivity index (χ2v) is 4.98. The highest BCUT2D eigenvalue weighted by molar-refractivity contribution is 5.28. The van der Waals surface area contributed by atoms with Gasteiger partial charge in [-0.25, -0.2) is 0 Å². The van der Waals surface area contributed by atoms with Crippen molar-refractivity contribution in [3.05, 3.63) is 17.0 Å². The second kappa shape index (κ2) is 6.90. The third kappa shape index (κ3) is 3.56. The molecule has 0 spiro atoms. The number of hydrogen-bond donors (Lipinski definition) is 1. The zero-order chi connectivity index (χ0) is 13.7. The van der Waals surface area contributed by atoms with Gasteiger partial charge in [-0.15, -0.1) is 0 Å². The van der Waals surface area contributed by atoms with Gasteiger partial charge >= 0.3 is 0 Å². The molecule has 0 saturated heterocycles. The van der Waals surface area contributed by atoms with Crippen LogP contribution in [0.25, 0.3) is 0 Å². The molecular formula is C14H27N3O. The van der Waals surface area contributed by atoms with Crippen LogP contribution < -0.4 is 5.32 Å². The Bertz CT molecular complexity index is 367. The molecule has 0 aromatic carbocycles. The predicted octanol–water partition coefficient (Wildman–Crippen LogP) is 2.60. The van der Waals surface area contributed by atoms with E-state index in [1.807, 2.05) is 7.05 Å². The van der Waals surface area contributed by atoms with Crippen LogP contribution in [-0.2, 0) is 11.3 Å². The topological polar surface area (TPSA) is 39.1 Å². The van der Waals surface area contributed by atoms with Gasteiger partial charge in [0.25, 0.3) is 0 Å². The van der Waals surface area contributed by atoms with Gasteiger partial charge in [0.15, 0.2) is 0 Å². The molecule has 18 heavy (non-hydrogen) atoms. The van der Waals surface area contributed by atoms with Gasteiger partial charge in [-0.3, -0.25) is 4.68 Å². The summed E-state index contributed by atoms with van der Waals surface area (Å²) >= 11 is 0. The van der Waals surface area contributed by atoms with E-state index >= 15 is 0 Å². The van der Waals surface area contributed by atoms with Gasteiger partial charge in [-0.05, 0) is 41.2 Å². The van der Waals surface area contributed by atoms with Gasteiger partial charge in [-0.1, -0.05) is 6.92 Å². The third-order valence-electron chi connectivity index (χ3n) is 3.30. The lowest BCUT2D eigenvalue weighted by Crippen LogP contribution is -2.17. The van der Waals surface area contributed by atoms with Gasteiger partial charge in [0, 0.05) is 17.3 Å². The lowest BCUT2D eigenvalue weighted by atomic mass is 10.0. The molecular weight excluding hydrogens is 226 g/mol. The van der Waals surface area contributed by atoms with Gasteiger partial charge in [0.1, 0.15) is 0 Å². The summed E-state index contributed by atoms with van der Waals surface area (Å²) < 4.78 is 7.65. The van der Waals surface area contributed by atoms with Crippen molar-refractivity contribution in [3.63, 3.8) is 0 Å². The number of aryl methyl sites for hydroxylation is 1. The molecule has 1 heterocycles. The molecule has 0 saturated carbocycles. The van der Waals surface area contributed by atoms with E-state index in [0.717, 1.165) is 25.3 Å². The maximum Gasteiger partial charge on any atom is 0.0666 e. The van der Waals surface area contributed by atoms with Crippen molar-refractivity contribution in [2.24, 2.45) is 0 Å². The Labute approximate surface area is 111 Å². The first-order valence-corrected chi connectivity index (χ1v) is 6.84. The molecule has 0 aliphatic carbocycles. The SMILES string of the molecule is CCC(NC)c1c(C)nn(CCOC(C)C)c1C. The van der Waals surface area contributed by atoms with Crippen molar-refractivity contribution in [3.8, 4) is 0 Å². The first-order chi connectivity index (χ1) is 8.51. The zero-order valence-electron chi connectivity index (χ0n) is 12.6. The molecule has 0 aliphatic rings. The first kappa shape index (κ1) is 15.2. The van der Waals surface area contributed by atoms with Crippen LogP contribution in [0.5, 0.6) is 0 Å². The number of nitrogens with zero attached hydrogens (tertiary/aromatic N) is 2. The molecule has 1 unspecified atom stereocenters. The number of aromatic nitrogens is 2. The van der Waals surface area contributed by atoms with E-state index in [-0.39, 0.29) is 6.10 Å². The standard InChI is InChI=1S/C14H27N3O/c1-7-13(15-6)14-11(4)16-17(12(14)5)8-9-18-10(2)3/h10,13,15H,7-9H2,1-6H3. The highest BCUT2D eigenvalue weighted by atomic mass is 16.5. The molecule has 0 bridgehead atoms. The molecule has 0 radical (unpaired) electrons. The highest BCUT2D eigenvalue weighted by Crippen LogP contribution is 2.23. The minimum atomic E-state index is 0.280. The fourth-order valence-electron chi connectivity index (χ4n) is 2.36. The zero-order valence-corrected chi connectivity index (χ0v) is 12.6. The van der Waals surface area contributed by atoms with Crippen molar-refractivity contribution in [2.75, 3.05) is 13.7 Å². The fourth-order valence-corrected chi connectivity index (χ4v) is 2.36. The van der Waals surface area contributed by atoms with Crippen LogP contribution in [0.15, 0.2) is 0 Å². The van der Waals surface area contributed by atoms with Gasteiger partial charge in [0.05, 0.1) is 24.9 Å². The van der Waals surface area contributed by atoms with E-state index in [0.29, 0.717) is 6.04 Å². The Kier molecular flexibility index (Phi) is 5.82. The normalized spacial score (nSPS) is 13.3. The Balaban J connectivity index is 2.80. The number of ether oxygens (including phenoxy) is 1. The largest absolute Gasteiger partial charge is 0.377 e. The van der Waals surface area contributed by atoms with E-state index in [2.05, 4.69) is 49.7 Å². The van der Waals surface area contributed by atoms with Crippen LogP contribution in [-0.4, -0.2) is 29.5 Å². The minimum Gasteiger partial charge on any atom is -0.377 e. The summed E-state index contributed by atoms with van der Waals surface area (Å²) in [5.41, 5.74) is 3.71. The van der Waals surface area contributed by atoms with Crippen LogP contribution in [0.3, 0.4) is 0 Å². The van der Waals surface area contributed by atoms with E-state index in [4.69, 9.17) is 4.74 Å². The van der Waals surface area contributed by atoms with Gasteiger partial charge in [0.2, 0.25) is 0 Å². The van der Waals surface area contributed by atoms with Crippen molar-refractivity contribution in [2.45, 2.75) is 59.7 Å². The van der Waals surface area contributed by atoms with Crippen LogP contribution in [0.2, 0.25) is 0 Å². The van der Waals surface area contributed by atoms with E-state index in [1.165, 1.54) is 11.3 Å². The lowest BCUT2D eigenvalue weighted by Gasteiger charge is -2.15. The van der Waals surface area contributed by atoms with E-state index < -0.39 is 0 Å². The summed E-state index contributed by atoms with van der Waals surface area (Å²) in [5, 5.41) is 7.97. The highest BCUT2D eigenvalue weighted by Gasteiger charge is 2.18. The average molecular weight is 253 g/mol. The lowest BCUT2D eigenvalue weighted by molar-refractivity contribution is 0.0706. The van der Waals surface area contributed by atoms with Crippen molar-refractivity contribution in [1.82, 2.24) is 15.1 Å². The Morgan fingerprint density at radius 2 is 2.00 bits per heavy atom. The minimum absolute atomic E-state index is 0.280. The molecule has 0 fully saturated rings. The van der Waals surface area contributed by atoms with E-state index in [1.54, 1.807) is 0 Å². The summed E-state index contributed by atoms with van der Waals surface area (Å²) in [6.07, 6.45) is 1.36. The number of nitrogens with one attached hydrogen (secondary N) is 1. The van der Waals surface area contributed by atoms with Crippen molar-refractivity contribution < 1.29 is 4.74 Å². The maximum absolute atomic E-state index is 5.59. The average Bonchev–Trinajstić information content (AvgIpc) is 2.58. The Hall–Kier alpha value is -0.870. The summed E-state index contributed by atoms with van der Waals surface area (Å²) in [6.45, 7) is 12.1. The molecule has 4 nitrogen and oxygen atoms in total. The molecule has 1 aromatic rings. The van der Waals surface area contributed by atoms with Crippen LogP contribution >= 0.6 is 0 Å². The van der Waals surface area contributed by atoms with Crippen molar-refractivity contribution >= 4 is 0 Å². The molecule has 4 heteroatoms. The molecule has 1 atom stereocenters. The molecule has 104 valence electrons. The second-order valence-electron chi connectivity index (χ2n) is 4.98. The molecule has 0 amide bonds. The van der Waals surface area contributed by atoms with Crippen molar-refractivity contribution in [1.29, 1.82) is 0 Å². The van der Waals surface area contributed by atoms with E-state index in [9.17, 15) is 0 Å². The quantitative estimate of drug-likeness (QED) is 0.812. The van der Waals surface area contributed by atoms with Crippen LogP contribution in [0, 0.1) is 13.8 Å². The summed E-state index contributed by atoms with van der Waals surface area (Å²) in [7, 11) is 2.01. The molecule has 1 rings (SSSR count). The molecule has 0 aliphatic heterocycles. The number of rotatable bonds is 7. The smallest absolute Gasteiger partial charge is 0.0666 e.